The van der Waals surface area contributed by atoms with E-state index in [4.69, 9.17) is 17.3 Å². The Kier molecular flexibility index (Phi) is 4.61. The highest BCUT2D eigenvalue weighted by Gasteiger charge is 2.09. The number of nitrogens with one attached hydrogen (secondary N) is 1. The molecule has 4 nitrogen and oxygen atoms in total. The number of rotatable bonds is 3. The third-order valence-corrected chi connectivity index (χ3v) is 4.16. The lowest BCUT2D eigenvalue weighted by Crippen LogP contribution is -2.14. The number of carbonyl (C=O) groups excluding carboxylic acids is 2. The van der Waals surface area contributed by atoms with E-state index in [2.05, 4.69) is 27.9 Å². The summed E-state index contributed by atoms with van der Waals surface area (Å²) in [5, 5.41) is 3.21. The monoisotopic (exact) mass is 400 g/mol. The highest BCUT2D eigenvalue weighted by molar-refractivity contribution is 14.1. The molecule has 3 N–H and O–H groups in total. The lowest BCUT2D eigenvalue weighted by atomic mass is 10.1. The Balaban J connectivity index is 2.21. The minimum atomic E-state index is -0.543. The topological polar surface area (TPSA) is 72.2 Å². The van der Waals surface area contributed by atoms with Crippen molar-refractivity contribution >= 4 is 51.7 Å². The van der Waals surface area contributed by atoms with Crippen LogP contribution < -0.4 is 11.1 Å². The van der Waals surface area contributed by atoms with Gasteiger partial charge in [0.2, 0.25) is 5.91 Å². The average molecular weight is 401 g/mol. The molecule has 0 fully saturated rings. The second-order valence-electron chi connectivity index (χ2n) is 4.03. The van der Waals surface area contributed by atoms with Gasteiger partial charge >= 0.3 is 0 Å². The summed E-state index contributed by atoms with van der Waals surface area (Å²) >= 11 is 8.06. The number of halogens is 2. The lowest BCUT2D eigenvalue weighted by Gasteiger charge is -2.07. The van der Waals surface area contributed by atoms with E-state index in [1.165, 1.54) is 6.07 Å². The van der Waals surface area contributed by atoms with Crippen LogP contribution in [0.2, 0.25) is 5.02 Å². The Morgan fingerprint density at radius 2 is 1.85 bits per heavy atom. The lowest BCUT2D eigenvalue weighted by molar-refractivity contribution is 0.0996. The fraction of sp³-hybridized carbons (Fsp3) is 0. The minimum Gasteiger partial charge on any atom is -0.366 e. The molecule has 0 spiro atoms. The zero-order valence-corrected chi connectivity index (χ0v) is 13.1. The van der Waals surface area contributed by atoms with Crippen LogP contribution in [0.15, 0.2) is 42.5 Å². The summed E-state index contributed by atoms with van der Waals surface area (Å²) in [7, 11) is 0. The summed E-state index contributed by atoms with van der Waals surface area (Å²) in [6, 6.07) is 11.5. The van der Waals surface area contributed by atoms with Crippen molar-refractivity contribution in [1.82, 2.24) is 0 Å². The highest BCUT2D eigenvalue weighted by Crippen LogP contribution is 2.20. The third kappa shape index (κ3) is 3.49. The van der Waals surface area contributed by atoms with Crippen molar-refractivity contribution in [2.45, 2.75) is 0 Å². The molecule has 0 radical (unpaired) electrons. The summed E-state index contributed by atoms with van der Waals surface area (Å²) in [6.45, 7) is 0. The van der Waals surface area contributed by atoms with Crippen LogP contribution in [0.5, 0.6) is 0 Å². The maximum Gasteiger partial charge on any atom is 0.255 e. The van der Waals surface area contributed by atoms with Gasteiger partial charge in [-0.2, -0.15) is 0 Å². The van der Waals surface area contributed by atoms with E-state index in [0.29, 0.717) is 21.8 Å². The van der Waals surface area contributed by atoms with Gasteiger partial charge in [0, 0.05) is 20.4 Å². The quantitative estimate of drug-likeness (QED) is 0.776. The largest absolute Gasteiger partial charge is 0.366 e. The predicted octanol–water partition coefficient (Wildman–Crippen LogP) is 3.30. The molecule has 0 aliphatic carbocycles. The van der Waals surface area contributed by atoms with Crippen molar-refractivity contribution in [2.24, 2.45) is 5.73 Å². The number of amides is 2. The van der Waals surface area contributed by atoms with Gasteiger partial charge in [-0.3, -0.25) is 9.59 Å². The van der Waals surface area contributed by atoms with Crippen LogP contribution in [-0.2, 0) is 0 Å². The molecule has 0 heterocycles. The first kappa shape index (κ1) is 14.8. The van der Waals surface area contributed by atoms with Crippen LogP contribution in [0.25, 0.3) is 0 Å². The summed E-state index contributed by atoms with van der Waals surface area (Å²) in [4.78, 5) is 23.2. The van der Waals surface area contributed by atoms with Crippen LogP contribution >= 0.6 is 34.2 Å². The average Bonchev–Trinajstić information content (AvgIpc) is 2.42. The predicted molar refractivity (Wildman–Crippen MR) is 87.1 cm³/mol. The number of hydrogen-bond donors (Lipinski definition) is 2. The van der Waals surface area contributed by atoms with E-state index in [9.17, 15) is 9.59 Å². The first-order valence-corrected chi connectivity index (χ1v) is 7.09. The van der Waals surface area contributed by atoms with E-state index in [-0.39, 0.29) is 5.91 Å². The van der Waals surface area contributed by atoms with Gasteiger partial charge in [-0.1, -0.05) is 17.7 Å². The maximum atomic E-state index is 12.1. The maximum absolute atomic E-state index is 12.1. The Morgan fingerprint density at radius 3 is 2.50 bits per heavy atom. The van der Waals surface area contributed by atoms with Crippen molar-refractivity contribution in [3.8, 4) is 0 Å². The van der Waals surface area contributed by atoms with E-state index in [1.807, 2.05) is 0 Å². The SMILES string of the molecule is NC(=O)c1cccc(NC(=O)c2ccc(I)c(Cl)c2)c1. The fourth-order valence-corrected chi connectivity index (χ4v) is 2.11. The van der Waals surface area contributed by atoms with Crippen LogP contribution in [0.3, 0.4) is 0 Å². The molecule has 0 saturated carbocycles. The molecule has 0 bridgehead atoms. The normalized spacial score (nSPS) is 10.1. The molecule has 2 aromatic carbocycles. The molecular weight excluding hydrogens is 391 g/mol. The molecule has 0 aliphatic heterocycles. The van der Waals surface area contributed by atoms with E-state index in [0.717, 1.165) is 3.57 Å². The molecule has 0 unspecified atom stereocenters. The summed E-state index contributed by atoms with van der Waals surface area (Å²) < 4.78 is 0.872. The van der Waals surface area contributed by atoms with Crippen LogP contribution in [-0.4, -0.2) is 11.8 Å². The number of hydrogen-bond acceptors (Lipinski definition) is 2. The van der Waals surface area contributed by atoms with Gasteiger partial charge in [0.05, 0.1) is 5.02 Å². The molecule has 0 aliphatic rings. The van der Waals surface area contributed by atoms with Crippen LogP contribution in [0.1, 0.15) is 20.7 Å². The molecule has 20 heavy (non-hydrogen) atoms. The summed E-state index contributed by atoms with van der Waals surface area (Å²) in [6.07, 6.45) is 0. The first-order valence-electron chi connectivity index (χ1n) is 5.63. The van der Waals surface area contributed by atoms with Crippen molar-refractivity contribution in [2.75, 3.05) is 5.32 Å². The van der Waals surface area contributed by atoms with Gasteiger partial charge in [-0.05, 0) is 59.0 Å². The standard InChI is InChI=1S/C14H10ClIN2O2/c15-11-7-9(4-5-12(11)16)14(20)18-10-3-1-2-8(6-10)13(17)19/h1-7H,(H2,17,19)(H,18,20). The summed E-state index contributed by atoms with van der Waals surface area (Å²) in [5.74, 6) is -0.844. The van der Waals surface area contributed by atoms with Gasteiger partial charge in [-0.15, -0.1) is 0 Å². The Bertz CT molecular complexity index is 689. The zero-order valence-electron chi connectivity index (χ0n) is 10.2. The Hall–Kier alpha value is -1.60. The highest BCUT2D eigenvalue weighted by atomic mass is 127. The fourth-order valence-electron chi connectivity index (χ4n) is 1.59. The third-order valence-electron chi connectivity index (χ3n) is 2.59. The van der Waals surface area contributed by atoms with Gasteiger partial charge in [0.1, 0.15) is 0 Å². The van der Waals surface area contributed by atoms with E-state index in [1.54, 1.807) is 36.4 Å². The molecule has 2 amide bonds. The van der Waals surface area contributed by atoms with Crippen molar-refractivity contribution < 1.29 is 9.59 Å². The zero-order chi connectivity index (χ0) is 14.7. The molecule has 102 valence electrons. The van der Waals surface area contributed by atoms with Crippen molar-refractivity contribution in [3.05, 3.63) is 62.2 Å². The summed E-state index contributed by atoms with van der Waals surface area (Å²) in [5.41, 5.74) is 6.47. The number of carbonyl (C=O) groups is 2. The molecular formula is C14H10ClIN2O2. The van der Waals surface area contributed by atoms with Crippen LogP contribution in [0, 0.1) is 3.57 Å². The molecule has 2 aromatic rings. The molecule has 2 rings (SSSR count). The number of primary amides is 1. The second kappa shape index (κ2) is 6.23. The Morgan fingerprint density at radius 1 is 1.10 bits per heavy atom. The first-order chi connectivity index (χ1) is 9.47. The van der Waals surface area contributed by atoms with Gasteiger partial charge < -0.3 is 11.1 Å². The van der Waals surface area contributed by atoms with Gasteiger partial charge in [0.25, 0.3) is 5.91 Å². The van der Waals surface area contributed by atoms with Crippen LogP contribution in [0.4, 0.5) is 5.69 Å². The van der Waals surface area contributed by atoms with Crippen molar-refractivity contribution in [3.63, 3.8) is 0 Å². The number of nitrogens with two attached hydrogens (primary N) is 1. The van der Waals surface area contributed by atoms with Gasteiger partial charge in [-0.25, -0.2) is 0 Å². The Labute approximate surface area is 134 Å². The molecule has 0 aromatic heterocycles. The molecule has 0 saturated heterocycles. The van der Waals surface area contributed by atoms with E-state index < -0.39 is 5.91 Å². The smallest absolute Gasteiger partial charge is 0.255 e. The van der Waals surface area contributed by atoms with Crippen molar-refractivity contribution in [1.29, 1.82) is 0 Å². The minimum absolute atomic E-state index is 0.301. The molecule has 0 atom stereocenters. The van der Waals surface area contributed by atoms with Gasteiger partial charge in [0.15, 0.2) is 0 Å². The van der Waals surface area contributed by atoms with E-state index >= 15 is 0 Å². The second-order valence-corrected chi connectivity index (χ2v) is 5.60. The molecule has 6 heteroatoms. The number of benzene rings is 2. The number of anilines is 1.